The van der Waals surface area contributed by atoms with Gasteiger partial charge in [0.1, 0.15) is 0 Å². The van der Waals surface area contributed by atoms with Crippen molar-refractivity contribution in [3.8, 4) is 0 Å². The van der Waals surface area contributed by atoms with Gasteiger partial charge in [0.2, 0.25) is 0 Å². The first-order valence-corrected chi connectivity index (χ1v) is 6.81. The molecule has 0 amide bonds. The van der Waals surface area contributed by atoms with Crippen LogP contribution in [0.5, 0.6) is 0 Å². The predicted molar refractivity (Wildman–Crippen MR) is 72.2 cm³/mol. The minimum absolute atomic E-state index is 0.447. The van der Waals surface area contributed by atoms with E-state index in [1.807, 2.05) is 0 Å². The van der Waals surface area contributed by atoms with Crippen LogP contribution in [0.3, 0.4) is 0 Å². The summed E-state index contributed by atoms with van der Waals surface area (Å²) in [6.45, 7) is 6.53. The topological polar surface area (TPSA) is 20.2 Å². The fourth-order valence-electron chi connectivity index (χ4n) is 3.18. The molecule has 0 spiro atoms. The van der Waals surface area contributed by atoms with Crippen LogP contribution in [0, 0.1) is 19.8 Å². The molecule has 94 valence electrons. The van der Waals surface area contributed by atoms with Gasteiger partial charge in [0, 0.05) is 6.42 Å². The molecular weight excluding hydrogens is 208 g/mol. The molecule has 1 saturated carbocycles. The lowest BCUT2D eigenvalue weighted by atomic mass is 9.87. The van der Waals surface area contributed by atoms with E-state index in [9.17, 15) is 5.11 Å². The highest BCUT2D eigenvalue weighted by molar-refractivity contribution is 5.34. The van der Waals surface area contributed by atoms with Gasteiger partial charge in [0.25, 0.3) is 0 Å². The molecule has 1 aliphatic rings. The van der Waals surface area contributed by atoms with E-state index < -0.39 is 5.60 Å². The molecule has 2 unspecified atom stereocenters. The molecule has 2 rings (SSSR count). The Morgan fingerprint density at radius 2 is 1.94 bits per heavy atom. The summed E-state index contributed by atoms with van der Waals surface area (Å²) < 4.78 is 0. The lowest BCUT2D eigenvalue weighted by molar-refractivity contribution is 0.0434. The fraction of sp³-hybridized carbons (Fsp3) is 0.625. The molecule has 0 bridgehead atoms. The summed E-state index contributed by atoms with van der Waals surface area (Å²) in [6.07, 6.45) is 5.19. The largest absolute Gasteiger partial charge is 0.390 e. The third kappa shape index (κ3) is 2.71. The summed E-state index contributed by atoms with van der Waals surface area (Å²) in [7, 11) is 0. The number of aliphatic hydroxyl groups is 1. The molecule has 0 saturated heterocycles. The maximum Gasteiger partial charge on any atom is 0.0690 e. The Morgan fingerprint density at radius 3 is 2.47 bits per heavy atom. The second kappa shape index (κ2) is 4.81. The van der Waals surface area contributed by atoms with Crippen LogP contribution in [0.2, 0.25) is 0 Å². The second-order valence-corrected chi connectivity index (χ2v) is 5.79. The second-order valence-electron chi connectivity index (χ2n) is 5.79. The van der Waals surface area contributed by atoms with Gasteiger partial charge in [-0.15, -0.1) is 0 Å². The van der Waals surface area contributed by atoms with Gasteiger partial charge in [-0.3, -0.25) is 0 Å². The Kier molecular flexibility index (Phi) is 3.58. The zero-order chi connectivity index (χ0) is 12.5. The average molecular weight is 232 g/mol. The monoisotopic (exact) mass is 232 g/mol. The third-order valence-electron chi connectivity index (χ3n) is 4.41. The molecule has 0 heterocycles. The van der Waals surface area contributed by atoms with Crippen LogP contribution in [-0.4, -0.2) is 10.7 Å². The summed E-state index contributed by atoms with van der Waals surface area (Å²) in [4.78, 5) is 0. The molecule has 2 atom stereocenters. The first kappa shape index (κ1) is 12.6. The molecule has 1 aromatic rings. The molecule has 1 aromatic carbocycles. The lowest BCUT2D eigenvalue weighted by Crippen LogP contribution is -2.28. The number of aryl methyl sites for hydroxylation is 2. The van der Waals surface area contributed by atoms with Crippen molar-refractivity contribution in [1.82, 2.24) is 0 Å². The standard InChI is InChI=1S/C16H24O/c1-4-14-8-9-16(17,10-14)11-15-12(2)6-5-7-13(15)3/h5-7,14,17H,4,8-11H2,1-3H3. The SMILES string of the molecule is CCC1CCC(O)(Cc2c(C)cccc2C)C1. The first-order valence-electron chi connectivity index (χ1n) is 6.81. The molecular formula is C16H24O. The zero-order valence-electron chi connectivity index (χ0n) is 11.3. The van der Waals surface area contributed by atoms with E-state index in [0.29, 0.717) is 0 Å². The molecule has 1 aliphatic carbocycles. The van der Waals surface area contributed by atoms with Gasteiger partial charge in [0.05, 0.1) is 5.60 Å². The van der Waals surface area contributed by atoms with Crippen LogP contribution in [0.25, 0.3) is 0 Å². The van der Waals surface area contributed by atoms with Gasteiger partial charge in [-0.25, -0.2) is 0 Å². The van der Waals surface area contributed by atoms with Crippen LogP contribution < -0.4 is 0 Å². The van der Waals surface area contributed by atoms with Crippen LogP contribution in [-0.2, 0) is 6.42 Å². The molecule has 1 N–H and O–H groups in total. The lowest BCUT2D eigenvalue weighted by Gasteiger charge is -2.25. The van der Waals surface area contributed by atoms with Crippen LogP contribution in [0.4, 0.5) is 0 Å². The Labute approximate surface area is 105 Å². The van der Waals surface area contributed by atoms with Crippen molar-refractivity contribution in [2.45, 2.75) is 58.5 Å². The van der Waals surface area contributed by atoms with Crippen LogP contribution in [0.15, 0.2) is 18.2 Å². The van der Waals surface area contributed by atoms with E-state index in [2.05, 4.69) is 39.0 Å². The number of hydrogen-bond donors (Lipinski definition) is 1. The molecule has 0 aromatic heterocycles. The van der Waals surface area contributed by atoms with E-state index in [-0.39, 0.29) is 0 Å². The molecule has 1 nitrogen and oxygen atoms in total. The van der Waals surface area contributed by atoms with Gasteiger partial charge in [0.15, 0.2) is 0 Å². The number of benzene rings is 1. The van der Waals surface area contributed by atoms with Crippen molar-refractivity contribution in [3.63, 3.8) is 0 Å². The Balaban J connectivity index is 2.16. The van der Waals surface area contributed by atoms with Crippen LogP contribution >= 0.6 is 0 Å². The van der Waals surface area contributed by atoms with Gasteiger partial charge < -0.3 is 5.11 Å². The van der Waals surface area contributed by atoms with E-state index >= 15 is 0 Å². The van der Waals surface area contributed by atoms with E-state index in [4.69, 9.17) is 0 Å². The van der Waals surface area contributed by atoms with Gasteiger partial charge in [-0.05, 0) is 55.7 Å². The van der Waals surface area contributed by atoms with E-state index in [0.717, 1.165) is 25.2 Å². The number of hydrogen-bond acceptors (Lipinski definition) is 1. The third-order valence-corrected chi connectivity index (χ3v) is 4.41. The highest BCUT2D eigenvalue weighted by atomic mass is 16.3. The van der Waals surface area contributed by atoms with E-state index in [1.54, 1.807) is 0 Å². The van der Waals surface area contributed by atoms with Gasteiger partial charge in [-0.2, -0.15) is 0 Å². The minimum Gasteiger partial charge on any atom is -0.390 e. The molecule has 0 radical (unpaired) electrons. The molecule has 0 aliphatic heterocycles. The zero-order valence-corrected chi connectivity index (χ0v) is 11.3. The summed E-state index contributed by atoms with van der Waals surface area (Å²) in [6, 6.07) is 6.40. The molecule has 17 heavy (non-hydrogen) atoms. The Bertz CT molecular complexity index is 376. The van der Waals surface area contributed by atoms with E-state index in [1.165, 1.54) is 29.5 Å². The van der Waals surface area contributed by atoms with Crippen molar-refractivity contribution in [3.05, 3.63) is 34.9 Å². The first-order chi connectivity index (χ1) is 8.04. The predicted octanol–water partition coefficient (Wildman–Crippen LogP) is 3.79. The highest BCUT2D eigenvalue weighted by Gasteiger charge is 2.36. The summed E-state index contributed by atoms with van der Waals surface area (Å²) >= 11 is 0. The normalized spacial score (nSPS) is 28.6. The van der Waals surface area contributed by atoms with Gasteiger partial charge >= 0.3 is 0 Å². The minimum atomic E-state index is -0.447. The Hall–Kier alpha value is -0.820. The molecule has 1 heteroatoms. The van der Waals surface area contributed by atoms with Crippen molar-refractivity contribution in [2.24, 2.45) is 5.92 Å². The maximum atomic E-state index is 10.7. The summed E-state index contributed by atoms with van der Waals surface area (Å²) in [5, 5.41) is 10.7. The maximum absolute atomic E-state index is 10.7. The molecule has 1 fully saturated rings. The average Bonchev–Trinajstić information content (AvgIpc) is 2.66. The van der Waals surface area contributed by atoms with Crippen molar-refractivity contribution >= 4 is 0 Å². The quantitative estimate of drug-likeness (QED) is 0.840. The fourth-order valence-corrected chi connectivity index (χ4v) is 3.18. The van der Waals surface area contributed by atoms with Crippen LogP contribution in [0.1, 0.15) is 49.3 Å². The summed E-state index contributed by atoms with van der Waals surface area (Å²) in [5.74, 6) is 0.726. The van der Waals surface area contributed by atoms with Crippen molar-refractivity contribution < 1.29 is 5.11 Å². The van der Waals surface area contributed by atoms with Gasteiger partial charge in [-0.1, -0.05) is 31.5 Å². The number of rotatable bonds is 3. The Morgan fingerprint density at radius 1 is 1.29 bits per heavy atom. The van der Waals surface area contributed by atoms with Crippen molar-refractivity contribution in [2.75, 3.05) is 0 Å². The highest BCUT2D eigenvalue weighted by Crippen LogP contribution is 2.39. The summed E-state index contributed by atoms with van der Waals surface area (Å²) in [5.41, 5.74) is 3.54. The smallest absolute Gasteiger partial charge is 0.0690 e. The van der Waals surface area contributed by atoms with Crippen molar-refractivity contribution in [1.29, 1.82) is 0 Å².